The van der Waals surface area contributed by atoms with Crippen LogP contribution in [0.3, 0.4) is 0 Å². The maximum Gasteiger partial charge on any atom is 0.115 e. The van der Waals surface area contributed by atoms with Gasteiger partial charge in [0, 0.05) is 98.1 Å². The molecule has 0 spiro atoms. The molecule has 0 heterocycles. The molecule has 3 rings (SSSR count). The number of rotatable bonds is 0. The molecule has 223 valence electrons. The molecule has 3 nitrogen and oxygen atoms in total. The van der Waals surface area contributed by atoms with Gasteiger partial charge in [0.05, 0.1) is 0 Å². The molecule has 0 unspecified atom stereocenters. The quantitative estimate of drug-likeness (QED) is 0.200. The van der Waals surface area contributed by atoms with Gasteiger partial charge < -0.3 is 37.6 Å². The SMILES string of the molecule is CC.CC.CC.CCC.CCC.Oc1ccccc1.Oc1ccccc1.Oc1ccccc1.[CH3-].[CH3-].[CH3-].[Y].[Y].[Y]. The van der Waals surface area contributed by atoms with E-state index in [1.807, 2.05) is 59.7 Å². The van der Waals surface area contributed by atoms with Crippen molar-refractivity contribution in [1.82, 2.24) is 0 Å². The number of aromatic hydroxyl groups is 3. The summed E-state index contributed by atoms with van der Waals surface area (Å²) in [4.78, 5) is 0. The Morgan fingerprint density at radius 3 is 0.513 bits per heavy atom. The Balaban J connectivity index is -0.0000000264. The molecule has 3 N–H and O–H groups in total. The number of para-hydroxylation sites is 3. The Kier molecular flexibility index (Phi) is 142. The van der Waals surface area contributed by atoms with Gasteiger partial charge in [0.25, 0.3) is 0 Å². The molecule has 0 bridgehead atoms. The molecular weight excluding hydrogens is 711 g/mol. The minimum absolute atomic E-state index is 0. The van der Waals surface area contributed by atoms with Crippen LogP contribution in [0.25, 0.3) is 0 Å². The molecule has 0 atom stereocenters. The second-order valence-electron chi connectivity index (χ2n) is 5.42. The first-order valence-corrected chi connectivity index (χ1v) is 12.2. The minimum Gasteiger partial charge on any atom is -0.508 e. The maximum absolute atomic E-state index is 8.63. The fourth-order valence-corrected chi connectivity index (χ4v) is 1.28. The van der Waals surface area contributed by atoms with Crippen molar-refractivity contribution in [2.24, 2.45) is 0 Å². The van der Waals surface area contributed by atoms with Crippen LogP contribution in [0.5, 0.6) is 17.2 Å². The third kappa shape index (κ3) is 85.5. The fourth-order valence-electron chi connectivity index (χ4n) is 1.28. The Morgan fingerprint density at radius 1 is 0.359 bits per heavy atom. The van der Waals surface area contributed by atoms with Gasteiger partial charge in [-0.25, -0.2) is 0 Å². The van der Waals surface area contributed by atoms with Crippen LogP contribution in [0.2, 0.25) is 0 Å². The van der Waals surface area contributed by atoms with Gasteiger partial charge in [-0.15, -0.1) is 0 Å². The molecule has 0 amide bonds. The standard InChI is InChI=1S/3C6H6O.2C3H8.3C2H6.3CH3.3Y/c3*7-6-4-2-1-3-5-6;2*1-3-2;3*1-2;;;;;;/h3*1-5,7H;2*3H2,1-2H3;3*1-2H3;3*1H3;;;/q;;;;;;;;3*-1;;;. The second kappa shape index (κ2) is 77.1. The third-order valence-electron chi connectivity index (χ3n) is 2.27. The van der Waals surface area contributed by atoms with E-state index < -0.39 is 0 Å². The summed E-state index contributed by atoms with van der Waals surface area (Å²) in [5, 5.41) is 25.9. The normalized spacial score (nSPS) is 6.00. The van der Waals surface area contributed by atoms with Crippen LogP contribution in [-0.2, 0) is 98.1 Å². The van der Waals surface area contributed by atoms with Crippen molar-refractivity contribution >= 4 is 0 Å². The third-order valence-corrected chi connectivity index (χ3v) is 2.27. The zero-order valence-corrected chi connectivity index (χ0v) is 36.2. The van der Waals surface area contributed by atoms with Crippen LogP contribution >= 0.6 is 0 Å². The second-order valence-corrected chi connectivity index (χ2v) is 5.42. The van der Waals surface area contributed by atoms with Gasteiger partial charge in [-0.2, -0.15) is 0 Å². The van der Waals surface area contributed by atoms with E-state index in [0.717, 1.165) is 0 Å². The van der Waals surface area contributed by atoms with Gasteiger partial charge in [0.15, 0.2) is 0 Å². The van der Waals surface area contributed by atoms with Crippen molar-refractivity contribution in [2.75, 3.05) is 0 Å². The van der Waals surface area contributed by atoms with E-state index in [1.54, 1.807) is 72.8 Å². The molecule has 0 saturated heterocycles. The summed E-state index contributed by atoms with van der Waals surface area (Å²) in [6.45, 7) is 20.5. The van der Waals surface area contributed by atoms with Crippen LogP contribution in [0.1, 0.15) is 82.1 Å². The number of phenolic OH excluding ortho intramolecular Hbond substituents is 3. The van der Waals surface area contributed by atoms with Gasteiger partial charge in [0.2, 0.25) is 0 Å². The average Bonchev–Trinajstić information content (AvgIpc) is 2.86. The van der Waals surface area contributed by atoms with Crippen molar-refractivity contribution in [3.63, 3.8) is 0 Å². The zero-order chi connectivity index (χ0) is 26.8. The van der Waals surface area contributed by atoms with Crippen molar-refractivity contribution in [3.05, 3.63) is 113 Å². The van der Waals surface area contributed by atoms with E-state index >= 15 is 0 Å². The molecule has 0 fully saturated rings. The van der Waals surface area contributed by atoms with Gasteiger partial charge >= 0.3 is 0 Å². The summed E-state index contributed by atoms with van der Waals surface area (Å²) in [6.07, 6.45) is 2.50. The van der Waals surface area contributed by atoms with E-state index in [9.17, 15) is 0 Å². The summed E-state index contributed by atoms with van der Waals surface area (Å²) >= 11 is 0. The first-order chi connectivity index (χ1) is 16.0. The Hall–Kier alpha value is 0.372. The van der Waals surface area contributed by atoms with Crippen molar-refractivity contribution in [1.29, 1.82) is 0 Å². The first kappa shape index (κ1) is 72.0. The summed E-state index contributed by atoms with van der Waals surface area (Å²) in [5.41, 5.74) is 0. The molecule has 6 heteroatoms. The van der Waals surface area contributed by atoms with Gasteiger partial charge in [0.1, 0.15) is 17.2 Å². The number of hydrogen-bond donors (Lipinski definition) is 3. The number of phenols is 3. The van der Waals surface area contributed by atoms with Crippen LogP contribution in [0, 0.1) is 22.3 Å². The number of benzene rings is 3. The zero-order valence-electron chi connectivity index (χ0n) is 27.6. The summed E-state index contributed by atoms with van der Waals surface area (Å²) < 4.78 is 0. The Morgan fingerprint density at radius 2 is 0.462 bits per heavy atom. The van der Waals surface area contributed by atoms with Crippen LogP contribution < -0.4 is 0 Å². The Bertz CT molecular complexity index is 536. The maximum atomic E-state index is 8.63. The predicted molar refractivity (Wildman–Crippen MR) is 170 cm³/mol. The van der Waals surface area contributed by atoms with Crippen molar-refractivity contribution in [3.8, 4) is 17.2 Å². The van der Waals surface area contributed by atoms with Crippen LogP contribution in [0.15, 0.2) is 91.0 Å². The van der Waals surface area contributed by atoms with Crippen LogP contribution in [-0.4, -0.2) is 15.3 Å². The molecule has 3 aromatic rings. The molecule has 3 aromatic carbocycles. The Labute approximate surface area is 322 Å². The molecule has 3 radical (unpaired) electrons. The predicted octanol–water partition coefficient (Wildman–Crippen LogP) is 11.4. The average molecular weight is 773 g/mol. The molecular formula is C33H61O3Y3-3. The van der Waals surface area contributed by atoms with E-state index in [-0.39, 0.29) is 120 Å². The molecule has 0 aliphatic heterocycles. The van der Waals surface area contributed by atoms with Crippen LogP contribution in [0.4, 0.5) is 0 Å². The summed E-state index contributed by atoms with van der Waals surface area (Å²) in [5.74, 6) is 0.965. The van der Waals surface area contributed by atoms with Crippen molar-refractivity contribution < 1.29 is 113 Å². The largest absolute Gasteiger partial charge is 0.508 e. The van der Waals surface area contributed by atoms with Gasteiger partial charge in [-0.1, -0.05) is 137 Å². The van der Waals surface area contributed by atoms with E-state index in [1.165, 1.54) is 12.8 Å². The van der Waals surface area contributed by atoms with Crippen molar-refractivity contribution in [2.45, 2.75) is 82.1 Å². The molecule has 0 saturated carbocycles. The van der Waals surface area contributed by atoms with E-state index in [4.69, 9.17) is 15.3 Å². The fraction of sp³-hybridized carbons (Fsp3) is 0.364. The topological polar surface area (TPSA) is 60.7 Å². The molecule has 0 aromatic heterocycles. The van der Waals surface area contributed by atoms with E-state index in [0.29, 0.717) is 17.2 Å². The number of hydrogen-bond acceptors (Lipinski definition) is 3. The summed E-state index contributed by atoms with van der Waals surface area (Å²) in [6, 6.07) is 26.1. The first-order valence-electron chi connectivity index (χ1n) is 12.2. The molecule has 39 heavy (non-hydrogen) atoms. The van der Waals surface area contributed by atoms with E-state index in [2.05, 4.69) is 27.7 Å². The minimum atomic E-state index is 0. The molecule has 0 aliphatic carbocycles. The monoisotopic (exact) mass is 772 g/mol. The van der Waals surface area contributed by atoms with Gasteiger partial charge in [-0.05, 0) is 36.4 Å². The molecule has 0 aliphatic rings. The summed E-state index contributed by atoms with van der Waals surface area (Å²) in [7, 11) is 0. The smallest absolute Gasteiger partial charge is 0.115 e. The van der Waals surface area contributed by atoms with Gasteiger partial charge in [-0.3, -0.25) is 0 Å².